The van der Waals surface area contributed by atoms with E-state index in [0.717, 1.165) is 43.1 Å². The van der Waals surface area contributed by atoms with Crippen LogP contribution in [0.4, 0.5) is 5.69 Å². The second-order valence-electron chi connectivity index (χ2n) is 9.69. The molecule has 4 rings (SSSR count). The number of carbonyl (C=O) groups is 2. The number of likely N-dealkylation sites (N-methyl/N-ethyl adjacent to an activating group) is 2. The predicted octanol–water partition coefficient (Wildman–Crippen LogP) is 3.42. The Labute approximate surface area is 227 Å². The number of amides is 1. The number of imidazole rings is 1. The van der Waals surface area contributed by atoms with E-state index >= 15 is 0 Å². The number of fused-ring (bicyclic) bond motifs is 1. The fourth-order valence-corrected chi connectivity index (χ4v) is 4.54. The van der Waals surface area contributed by atoms with Crippen LogP contribution in [0, 0.1) is 10.1 Å². The molecule has 1 amide bonds. The van der Waals surface area contributed by atoms with Crippen molar-refractivity contribution in [2.24, 2.45) is 0 Å². The summed E-state index contributed by atoms with van der Waals surface area (Å²) in [5.74, 6) is 1.20. The molecule has 0 saturated carbocycles. The summed E-state index contributed by atoms with van der Waals surface area (Å²) in [6, 6.07) is 12.5. The predicted molar refractivity (Wildman–Crippen MR) is 147 cm³/mol. The molecular weight excluding hydrogens is 500 g/mol. The van der Waals surface area contributed by atoms with Gasteiger partial charge < -0.3 is 19.2 Å². The lowest BCUT2D eigenvalue weighted by atomic mass is 10.1. The molecule has 0 aliphatic carbocycles. The minimum Gasteiger partial charge on any atom is -0.404 e. The van der Waals surface area contributed by atoms with Crippen LogP contribution in [0.2, 0.25) is 0 Å². The molecule has 2 aromatic carbocycles. The fourth-order valence-electron chi connectivity index (χ4n) is 4.54. The van der Waals surface area contributed by atoms with Crippen molar-refractivity contribution in [3.8, 4) is 5.75 Å². The maximum Gasteiger partial charge on any atom is 0.271 e. The zero-order chi connectivity index (χ0) is 28.2. The van der Waals surface area contributed by atoms with E-state index in [9.17, 15) is 19.7 Å². The monoisotopic (exact) mass is 534 g/mol. The van der Waals surface area contributed by atoms with Gasteiger partial charge >= 0.3 is 0 Å². The molecule has 11 nitrogen and oxygen atoms in total. The van der Waals surface area contributed by atoms with Gasteiger partial charge in [-0.05, 0) is 49.9 Å². The van der Waals surface area contributed by atoms with E-state index in [1.165, 1.54) is 29.2 Å². The Morgan fingerprint density at radius 3 is 2.56 bits per heavy atom. The van der Waals surface area contributed by atoms with Crippen molar-refractivity contribution >= 4 is 28.9 Å². The normalized spacial score (nSPS) is 18.5. The van der Waals surface area contributed by atoms with Crippen molar-refractivity contribution in [2.45, 2.75) is 39.4 Å². The maximum absolute atomic E-state index is 12.2. The van der Waals surface area contributed by atoms with E-state index in [0.29, 0.717) is 30.5 Å². The third-order valence-electron chi connectivity index (χ3n) is 7.30. The van der Waals surface area contributed by atoms with Crippen molar-refractivity contribution in [3.05, 3.63) is 76.1 Å². The number of hydroxylamine groups is 2. The van der Waals surface area contributed by atoms with Crippen LogP contribution in [0.25, 0.3) is 11.0 Å². The van der Waals surface area contributed by atoms with Crippen LogP contribution in [0.5, 0.6) is 5.75 Å². The number of allylic oxidation sites excluding steroid dienone is 1. The highest BCUT2D eigenvalue weighted by molar-refractivity contribution is 5.91. The third kappa shape index (κ3) is 6.15. The number of benzene rings is 2. The van der Waals surface area contributed by atoms with E-state index in [1.54, 1.807) is 18.2 Å². The standard InChI is InChI=1S/C28H34N6O5/c1-5-31(6-2)15-16-32-25-14-11-22(34(37)38)19-24(25)29-26(32)18-21-9-12-23(13-10-21)39-33-20-28(33,3)30(4)27(36)8-7-17-35/h7-14,17,19H,5-6,15-16,18,20H2,1-4H3/b8-7-. The van der Waals surface area contributed by atoms with Crippen molar-refractivity contribution in [1.29, 1.82) is 0 Å². The van der Waals surface area contributed by atoms with Gasteiger partial charge in [0.25, 0.3) is 5.69 Å². The number of non-ortho nitro benzene ring substituents is 1. The summed E-state index contributed by atoms with van der Waals surface area (Å²) in [5, 5.41) is 13.0. The number of nitro benzene ring substituents is 1. The Morgan fingerprint density at radius 1 is 1.21 bits per heavy atom. The lowest BCUT2D eigenvalue weighted by molar-refractivity contribution is -0.384. The fraction of sp³-hybridized carbons (Fsp3) is 0.393. The lowest BCUT2D eigenvalue weighted by Crippen LogP contribution is -2.40. The molecule has 0 bridgehead atoms. The van der Waals surface area contributed by atoms with Crippen LogP contribution in [0.15, 0.2) is 54.6 Å². The Hall–Kier alpha value is -4.09. The molecule has 206 valence electrons. The quantitative estimate of drug-likeness (QED) is 0.108. The van der Waals surface area contributed by atoms with E-state index in [1.807, 2.05) is 31.2 Å². The Morgan fingerprint density at radius 2 is 1.92 bits per heavy atom. The molecule has 0 spiro atoms. The number of aldehydes is 1. The molecule has 1 aliphatic heterocycles. The molecular formula is C28H34N6O5. The molecule has 0 radical (unpaired) electrons. The van der Waals surface area contributed by atoms with Crippen LogP contribution in [-0.2, 0) is 22.6 Å². The topological polar surface area (TPSA) is 114 Å². The number of nitro groups is 1. The number of carbonyl (C=O) groups excluding carboxylic acids is 2. The van der Waals surface area contributed by atoms with Gasteiger partial charge in [-0.3, -0.25) is 19.7 Å². The van der Waals surface area contributed by atoms with Crippen LogP contribution in [0.3, 0.4) is 0 Å². The molecule has 1 fully saturated rings. The van der Waals surface area contributed by atoms with E-state index in [2.05, 4.69) is 23.3 Å². The minimum atomic E-state index is -0.596. The highest BCUT2D eigenvalue weighted by atomic mass is 16.7. The first-order valence-corrected chi connectivity index (χ1v) is 13.0. The summed E-state index contributed by atoms with van der Waals surface area (Å²) < 4.78 is 2.15. The Kier molecular flexibility index (Phi) is 8.41. The molecule has 3 aromatic rings. The number of aromatic nitrogens is 2. The van der Waals surface area contributed by atoms with Gasteiger partial charge in [0.15, 0.2) is 0 Å². The Balaban J connectivity index is 1.49. The first kappa shape index (κ1) is 27.9. The zero-order valence-corrected chi connectivity index (χ0v) is 22.7. The SMILES string of the molecule is CCN(CC)CCn1c(Cc2ccc(ON3CC3(C)N(C)C(=O)/C=C\C=O)cc2)nc2cc([N+](=O)[O-])ccc21. The van der Waals surface area contributed by atoms with Gasteiger partial charge in [0.05, 0.1) is 22.5 Å². The summed E-state index contributed by atoms with van der Waals surface area (Å²) in [6.07, 6.45) is 3.54. The average molecular weight is 535 g/mol. The van der Waals surface area contributed by atoms with Crippen LogP contribution in [0.1, 0.15) is 32.2 Å². The smallest absolute Gasteiger partial charge is 0.271 e. The van der Waals surface area contributed by atoms with E-state index in [-0.39, 0.29) is 11.6 Å². The average Bonchev–Trinajstić information content (AvgIpc) is 3.46. The van der Waals surface area contributed by atoms with Crippen LogP contribution < -0.4 is 4.84 Å². The maximum atomic E-state index is 12.2. The van der Waals surface area contributed by atoms with E-state index in [4.69, 9.17) is 9.82 Å². The lowest BCUT2D eigenvalue weighted by Gasteiger charge is -2.24. The molecule has 2 atom stereocenters. The number of rotatable bonds is 13. The first-order valence-electron chi connectivity index (χ1n) is 13.0. The van der Waals surface area contributed by atoms with Crippen LogP contribution >= 0.6 is 0 Å². The van der Waals surface area contributed by atoms with Gasteiger partial charge in [-0.15, -0.1) is 5.06 Å². The van der Waals surface area contributed by atoms with Gasteiger partial charge in [-0.1, -0.05) is 26.0 Å². The van der Waals surface area contributed by atoms with Gasteiger partial charge in [0.1, 0.15) is 23.5 Å². The summed E-state index contributed by atoms with van der Waals surface area (Å²) in [4.78, 5) is 48.2. The van der Waals surface area contributed by atoms with Crippen molar-refractivity contribution < 1.29 is 19.3 Å². The van der Waals surface area contributed by atoms with Gasteiger partial charge in [-0.2, -0.15) is 0 Å². The van der Waals surface area contributed by atoms with Crippen molar-refractivity contribution in [3.63, 3.8) is 0 Å². The summed E-state index contributed by atoms with van der Waals surface area (Å²) in [6.45, 7) is 10.2. The molecule has 1 aromatic heterocycles. The van der Waals surface area contributed by atoms with E-state index < -0.39 is 10.6 Å². The summed E-state index contributed by atoms with van der Waals surface area (Å²) in [5.41, 5.74) is 1.95. The van der Waals surface area contributed by atoms with Gasteiger partial charge in [0.2, 0.25) is 5.91 Å². The molecule has 1 aliphatic rings. The number of hydrogen-bond acceptors (Lipinski definition) is 8. The second kappa shape index (κ2) is 11.7. The van der Waals surface area contributed by atoms with Crippen molar-refractivity contribution in [2.75, 3.05) is 33.2 Å². The zero-order valence-electron chi connectivity index (χ0n) is 22.7. The molecule has 1 saturated heterocycles. The number of nitrogens with zero attached hydrogens (tertiary/aromatic N) is 6. The van der Waals surface area contributed by atoms with Crippen LogP contribution in [-0.4, -0.2) is 80.4 Å². The number of hydrogen-bond donors (Lipinski definition) is 0. The van der Waals surface area contributed by atoms with Gasteiger partial charge in [0, 0.05) is 44.8 Å². The molecule has 2 unspecified atom stereocenters. The third-order valence-corrected chi connectivity index (χ3v) is 7.30. The van der Waals surface area contributed by atoms with Crippen molar-refractivity contribution in [1.82, 2.24) is 24.4 Å². The van der Waals surface area contributed by atoms with Gasteiger partial charge in [-0.25, -0.2) is 4.98 Å². The highest BCUT2D eigenvalue weighted by Crippen LogP contribution is 2.36. The first-order chi connectivity index (χ1) is 18.7. The Bertz CT molecular complexity index is 1380. The molecule has 2 heterocycles. The summed E-state index contributed by atoms with van der Waals surface area (Å²) >= 11 is 0. The minimum absolute atomic E-state index is 0.0260. The highest BCUT2D eigenvalue weighted by Gasteiger charge is 2.55. The second-order valence-corrected chi connectivity index (χ2v) is 9.69. The summed E-state index contributed by atoms with van der Waals surface area (Å²) in [7, 11) is 1.67. The molecule has 39 heavy (non-hydrogen) atoms. The molecule has 11 heteroatoms. The molecule has 0 N–H and O–H groups in total. The largest absolute Gasteiger partial charge is 0.404 e.